The number of rotatable bonds is 3. The molecule has 1 aromatic rings. The second-order valence-corrected chi connectivity index (χ2v) is 3.51. The summed E-state index contributed by atoms with van der Waals surface area (Å²) >= 11 is 3.04. The smallest absolute Gasteiger partial charge is 0.239 e. The molecule has 0 aliphatic rings. The highest BCUT2D eigenvalue weighted by Gasteiger charge is 2.01. The normalized spacial score (nSPS) is 9.64. The van der Waals surface area contributed by atoms with Crippen LogP contribution in [0.15, 0.2) is 22.7 Å². The topological polar surface area (TPSA) is 41.1 Å². The number of amides is 1. The average Bonchev–Trinajstić information content (AvgIpc) is 2.19. The molecule has 0 saturated carbocycles. The number of nitrogens with one attached hydrogen (secondary N) is 2. The lowest BCUT2D eigenvalue weighted by atomic mass is 10.3. The molecule has 1 aromatic carbocycles. The van der Waals surface area contributed by atoms with Crippen LogP contribution in [0.2, 0.25) is 0 Å². The van der Waals surface area contributed by atoms with Crippen molar-refractivity contribution in [1.82, 2.24) is 5.32 Å². The maximum absolute atomic E-state index is 13.0. The van der Waals surface area contributed by atoms with Gasteiger partial charge in [-0.2, -0.15) is 0 Å². The minimum Gasteiger partial charge on any atom is -0.376 e. The van der Waals surface area contributed by atoms with Crippen LogP contribution in [-0.2, 0) is 4.79 Å². The zero-order chi connectivity index (χ0) is 10.6. The number of benzene rings is 1. The molecule has 0 unspecified atom stereocenters. The lowest BCUT2D eigenvalue weighted by molar-refractivity contribution is -0.118. The molecule has 0 spiro atoms. The first-order chi connectivity index (χ1) is 6.63. The maximum Gasteiger partial charge on any atom is 0.239 e. The summed E-state index contributed by atoms with van der Waals surface area (Å²) in [5.74, 6) is -0.500. The van der Waals surface area contributed by atoms with Crippen LogP contribution >= 0.6 is 15.9 Å². The van der Waals surface area contributed by atoms with E-state index < -0.39 is 0 Å². The van der Waals surface area contributed by atoms with Crippen molar-refractivity contribution >= 4 is 27.5 Å². The van der Waals surface area contributed by atoms with Gasteiger partial charge < -0.3 is 10.6 Å². The zero-order valence-corrected chi connectivity index (χ0v) is 9.19. The van der Waals surface area contributed by atoms with Gasteiger partial charge in [0.25, 0.3) is 0 Å². The van der Waals surface area contributed by atoms with E-state index in [1.165, 1.54) is 6.07 Å². The summed E-state index contributed by atoms with van der Waals surface area (Å²) in [6.45, 7) is 0.136. The van der Waals surface area contributed by atoms with Gasteiger partial charge in [0.1, 0.15) is 5.82 Å². The summed E-state index contributed by atoms with van der Waals surface area (Å²) in [5.41, 5.74) is 0.578. The van der Waals surface area contributed by atoms with E-state index >= 15 is 0 Å². The van der Waals surface area contributed by atoms with Crippen molar-refractivity contribution in [1.29, 1.82) is 0 Å². The van der Waals surface area contributed by atoms with Gasteiger partial charge in [-0.3, -0.25) is 4.79 Å². The van der Waals surface area contributed by atoms with Crippen molar-refractivity contribution in [3.8, 4) is 0 Å². The van der Waals surface area contributed by atoms with Crippen LogP contribution in [0.5, 0.6) is 0 Å². The molecule has 14 heavy (non-hydrogen) atoms. The van der Waals surface area contributed by atoms with Crippen molar-refractivity contribution in [2.75, 3.05) is 18.9 Å². The Morgan fingerprint density at radius 1 is 1.57 bits per heavy atom. The van der Waals surface area contributed by atoms with E-state index in [0.717, 1.165) is 0 Å². The van der Waals surface area contributed by atoms with Gasteiger partial charge in [0.2, 0.25) is 5.91 Å². The minimum atomic E-state index is -0.355. The highest BCUT2D eigenvalue weighted by atomic mass is 79.9. The van der Waals surface area contributed by atoms with Gasteiger partial charge in [-0.1, -0.05) is 0 Å². The highest BCUT2D eigenvalue weighted by molar-refractivity contribution is 9.10. The van der Waals surface area contributed by atoms with Crippen molar-refractivity contribution in [3.63, 3.8) is 0 Å². The maximum atomic E-state index is 13.0. The summed E-state index contributed by atoms with van der Waals surface area (Å²) in [5, 5.41) is 5.25. The van der Waals surface area contributed by atoms with E-state index in [1.54, 1.807) is 19.2 Å². The van der Waals surface area contributed by atoms with Gasteiger partial charge >= 0.3 is 0 Å². The van der Waals surface area contributed by atoms with E-state index in [0.29, 0.717) is 10.2 Å². The molecule has 2 N–H and O–H groups in total. The number of anilines is 1. The summed E-state index contributed by atoms with van der Waals surface area (Å²) in [6, 6.07) is 4.60. The first kappa shape index (κ1) is 11.0. The summed E-state index contributed by atoms with van der Waals surface area (Å²) < 4.78 is 13.4. The van der Waals surface area contributed by atoms with Crippen LogP contribution in [0, 0.1) is 5.82 Å². The molecule has 0 heterocycles. The summed E-state index contributed by atoms with van der Waals surface area (Å²) in [4.78, 5) is 10.9. The molecule has 0 bridgehead atoms. The van der Waals surface area contributed by atoms with Gasteiger partial charge in [0, 0.05) is 12.7 Å². The molecular formula is C9H10BrFN2O. The summed E-state index contributed by atoms with van der Waals surface area (Å²) in [6.07, 6.45) is 0. The fourth-order valence-corrected chi connectivity index (χ4v) is 1.12. The van der Waals surface area contributed by atoms with Crippen molar-refractivity contribution in [3.05, 3.63) is 28.5 Å². The number of likely N-dealkylation sites (N-methyl/N-ethyl adjacent to an activating group) is 1. The van der Waals surface area contributed by atoms with E-state index in [1.807, 2.05) is 0 Å². The molecule has 0 radical (unpaired) electrons. The molecule has 3 nitrogen and oxygen atoms in total. The van der Waals surface area contributed by atoms with Crippen LogP contribution in [0.3, 0.4) is 0 Å². The van der Waals surface area contributed by atoms with Crippen LogP contribution in [0.25, 0.3) is 0 Å². The van der Waals surface area contributed by atoms with E-state index in [9.17, 15) is 9.18 Å². The minimum absolute atomic E-state index is 0.136. The molecule has 5 heteroatoms. The third-order valence-electron chi connectivity index (χ3n) is 1.65. The van der Waals surface area contributed by atoms with Gasteiger partial charge in [-0.05, 0) is 34.1 Å². The van der Waals surface area contributed by atoms with Gasteiger partial charge in [0.15, 0.2) is 0 Å². The van der Waals surface area contributed by atoms with E-state index in [-0.39, 0.29) is 18.3 Å². The van der Waals surface area contributed by atoms with Crippen LogP contribution in [0.4, 0.5) is 10.1 Å². The molecule has 0 fully saturated rings. The SMILES string of the molecule is CNC(=O)CNc1ccc(Br)c(F)c1. The lowest BCUT2D eigenvalue weighted by Gasteiger charge is -2.05. The monoisotopic (exact) mass is 260 g/mol. The number of hydrogen-bond donors (Lipinski definition) is 2. The number of carbonyl (C=O) groups excluding carboxylic acids is 1. The molecule has 1 rings (SSSR count). The zero-order valence-electron chi connectivity index (χ0n) is 7.60. The Hall–Kier alpha value is -1.10. The van der Waals surface area contributed by atoms with Gasteiger partial charge in [-0.15, -0.1) is 0 Å². The molecule has 76 valence electrons. The van der Waals surface area contributed by atoms with Crippen LogP contribution < -0.4 is 10.6 Å². The average molecular weight is 261 g/mol. The molecule has 1 amide bonds. The van der Waals surface area contributed by atoms with Crippen molar-refractivity contribution in [2.45, 2.75) is 0 Å². The first-order valence-electron chi connectivity index (χ1n) is 4.03. The largest absolute Gasteiger partial charge is 0.376 e. The standard InChI is InChI=1S/C9H10BrFN2O/c1-12-9(14)5-13-6-2-3-7(10)8(11)4-6/h2-4,13H,5H2,1H3,(H,12,14). The van der Waals surface area contributed by atoms with Gasteiger partial charge in [-0.25, -0.2) is 4.39 Å². The second kappa shape index (κ2) is 4.95. The van der Waals surface area contributed by atoms with Crippen LogP contribution in [0.1, 0.15) is 0 Å². The molecule has 0 aliphatic heterocycles. The number of hydrogen-bond acceptors (Lipinski definition) is 2. The van der Waals surface area contributed by atoms with E-state index in [2.05, 4.69) is 26.6 Å². The molecule has 0 saturated heterocycles. The fourth-order valence-electron chi connectivity index (χ4n) is 0.877. The second-order valence-electron chi connectivity index (χ2n) is 2.66. The molecular weight excluding hydrogens is 251 g/mol. The Morgan fingerprint density at radius 3 is 2.86 bits per heavy atom. The Morgan fingerprint density at radius 2 is 2.29 bits per heavy atom. The number of carbonyl (C=O) groups is 1. The molecule has 0 aromatic heterocycles. The van der Waals surface area contributed by atoms with Crippen LogP contribution in [-0.4, -0.2) is 19.5 Å². The lowest BCUT2D eigenvalue weighted by Crippen LogP contribution is -2.26. The number of halogens is 2. The van der Waals surface area contributed by atoms with Crippen molar-refractivity contribution in [2.24, 2.45) is 0 Å². The molecule has 0 atom stereocenters. The Bertz CT molecular complexity index is 344. The van der Waals surface area contributed by atoms with Crippen molar-refractivity contribution < 1.29 is 9.18 Å². The quantitative estimate of drug-likeness (QED) is 0.870. The predicted octanol–water partition coefficient (Wildman–Crippen LogP) is 1.75. The van der Waals surface area contributed by atoms with Gasteiger partial charge in [0.05, 0.1) is 11.0 Å². The predicted molar refractivity (Wildman–Crippen MR) is 56.7 cm³/mol. The Balaban J connectivity index is 2.60. The highest BCUT2D eigenvalue weighted by Crippen LogP contribution is 2.18. The third-order valence-corrected chi connectivity index (χ3v) is 2.29. The fraction of sp³-hybridized carbons (Fsp3) is 0.222. The third kappa shape index (κ3) is 2.99. The first-order valence-corrected chi connectivity index (χ1v) is 4.82. The van der Waals surface area contributed by atoms with E-state index in [4.69, 9.17) is 0 Å². The Kier molecular flexibility index (Phi) is 3.88. The summed E-state index contributed by atoms with van der Waals surface area (Å²) in [7, 11) is 1.55. The Labute approximate surface area is 89.8 Å². The molecule has 0 aliphatic carbocycles.